The minimum absolute atomic E-state index is 0.636. The monoisotopic (exact) mass is 600 g/mol. The van der Waals surface area contributed by atoms with Crippen LogP contribution >= 0.6 is 34.0 Å². The van der Waals surface area contributed by atoms with E-state index >= 15 is 0 Å². The summed E-state index contributed by atoms with van der Waals surface area (Å²) in [5.41, 5.74) is 20.1. The van der Waals surface area contributed by atoms with Crippen molar-refractivity contribution in [3.05, 3.63) is 109 Å². The second-order valence-electron chi connectivity index (χ2n) is 9.56. The van der Waals surface area contributed by atoms with Crippen molar-refractivity contribution in [1.29, 1.82) is 0 Å². The highest BCUT2D eigenvalue weighted by molar-refractivity contribution is 7.22. The number of anilines is 3. The molecule has 9 heteroatoms. The van der Waals surface area contributed by atoms with Crippen LogP contribution in [0.1, 0.15) is 0 Å². The van der Waals surface area contributed by atoms with Crippen LogP contribution in [0.25, 0.3) is 63.0 Å². The molecule has 0 unspecified atom stereocenters. The van der Waals surface area contributed by atoms with Crippen molar-refractivity contribution in [2.45, 2.75) is 0 Å². The molecule has 0 radical (unpaired) electrons. The third-order valence-electron chi connectivity index (χ3n) is 6.90. The molecule has 3 heterocycles. The van der Waals surface area contributed by atoms with Gasteiger partial charge < -0.3 is 17.2 Å². The first-order valence-electron chi connectivity index (χ1n) is 13.1. The Morgan fingerprint density at radius 2 is 0.643 bits per heavy atom. The second kappa shape index (κ2) is 10.9. The number of thiazole rings is 3. The Morgan fingerprint density at radius 1 is 0.357 bits per heavy atom. The van der Waals surface area contributed by atoms with E-state index in [-0.39, 0.29) is 0 Å². The number of nitrogens with zero attached hydrogens (tertiary/aromatic N) is 3. The molecular weight excluding hydrogens is 577 g/mol. The zero-order valence-electron chi connectivity index (χ0n) is 22.2. The highest BCUT2D eigenvalue weighted by Crippen LogP contribution is 2.32. The largest absolute Gasteiger partial charge is 0.375 e. The number of nitrogen functional groups attached to an aromatic ring is 3. The molecule has 0 atom stereocenters. The first-order chi connectivity index (χ1) is 20.5. The SMILES string of the molecule is Nc1nc2c(ccc3ccccc32)s1.Nc1nc2c(ccc3ccccc32)s1.Nc1nc2c(ccc3ccccc32)s1. The number of hydrogen-bond donors (Lipinski definition) is 3. The molecule has 0 amide bonds. The molecule has 42 heavy (non-hydrogen) atoms. The Morgan fingerprint density at radius 3 is 0.952 bits per heavy atom. The van der Waals surface area contributed by atoms with Gasteiger partial charge in [0.1, 0.15) is 0 Å². The number of benzene rings is 6. The molecule has 204 valence electrons. The molecular formula is C33H24N6S3. The van der Waals surface area contributed by atoms with E-state index < -0.39 is 0 Å². The Balaban J connectivity index is 0.000000103. The summed E-state index contributed by atoms with van der Waals surface area (Å²) in [6.07, 6.45) is 0. The number of rotatable bonds is 0. The van der Waals surface area contributed by atoms with Crippen LogP contribution in [0.15, 0.2) is 109 Å². The maximum Gasteiger partial charge on any atom is 0.181 e. The number of nitrogens with two attached hydrogens (primary N) is 3. The fourth-order valence-corrected chi connectivity index (χ4v) is 7.29. The number of fused-ring (bicyclic) bond motifs is 9. The maximum absolute atomic E-state index is 5.69. The van der Waals surface area contributed by atoms with Gasteiger partial charge in [-0.05, 0) is 34.4 Å². The van der Waals surface area contributed by atoms with E-state index in [9.17, 15) is 0 Å². The second-order valence-corrected chi connectivity index (χ2v) is 12.7. The lowest BCUT2D eigenvalue weighted by atomic mass is 10.1. The van der Waals surface area contributed by atoms with Gasteiger partial charge in [0.2, 0.25) is 0 Å². The molecule has 6 nitrogen and oxygen atoms in total. The molecule has 0 saturated heterocycles. The average Bonchev–Trinajstić information content (AvgIpc) is 3.72. The lowest BCUT2D eigenvalue weighted by molar-refractivity contribution is 1.51. The quantitative estimate of drug-likeness (QED) is 0.160. The van der Waals surface area contributed by atoms with E-state index in [1.165, 1.54) is 66.3 Å². The third-order valence-corrected chi connectivity index (χ3v) is 9.45. The normalized spacial score (nSPS) is 11.1. The summed E-state index contributed by atoms with van der Waals surface area (Å²) in [6, 6.07) is 37.2. The van der Waals surface area contributed by atoms with Crippen molar-refractivity contribution >= 4 is 112 Å². The van der Waals surface area contributed by atoms with E-state index in [0.717, 1.165) is 30.6 Å². The minimum atomic E-state index is 0.636. The van der Waals surface area contributed by atoms with Crippen molar-refractivity contribution in [3.63, 3.8) is 0 Å². The van der Waals surface area contributed by atoms with Crippen LogP contribution in [0.2, 0.25) is 0 Å². The Bertz CT molecular complexity index is 2100. The van der Waals surface area contributed by atoms with Crippen molar-refractivity contribution in [1.82, 2.24) is 15.0 Å². The summed E-state index contributed by atoms with van der Waals surface area (Å²) in [7, 11) is 0. The van der Waals surface area contributed by atoms with Gasteiger partial charge >= 0.3 is 0 Å². The van der Waals surface area contributed by atoms with Gasteiger partial charge in [-0.2, -0.15) is 0 Å². The van der Waals surface area contributed by atoms with Crippen molar-refractivity contribution in [2.75, 3.05) is 17.2 Å². The van der Waals surface area contributed by atoms with Gasteiger partial charge in [-0.3, -0.25) is 0 Å². The van der Waals surface area contributed by atoms with Gasteiger partial charge in [-0.1, -0.05) is 125 Å². The van der Waals surface area contributed by atoms with Gasteiger partial charge in [-0.15, -0.1) is 0 Å². The van der Waals surface area contributed by atoms with Crippen LogP contribution in [-0.2, 0) is 0 Å². The Kier molecular flexibility index (Phi) is 6.75. The lowest BCUT2D eigenvalue weighted by Crippen LogP contribution is -1.80. The Hall–Kier alpha value is -4.83. The molecule has 3 aromatic heterocycles. The van der Waals surface area contributed by atoms with Crippen LogP contribution in [0.5, 0.6) is 0 Å². The molecule has 0 spiro atoms. The van der Waals surface area contributed by atoms with E-state index in [0.29, 0.717) is 15.4 Å². The highest BCUT2D eigenvalue weighted by atomic mass is 32.1. The zero-order valence-corrected chi connectivity index (χ0v) is 24.6. The molecule has 0 aliphatic carbocycles. The van der Waals surface area contributed by atoms with Crippen LogP contribution in [0.4, 0.5) is 15.4 Å². The van der Waals surface area contributed by atoms with E-state index in [1.807, 2.05) is 36.4 Å². The molecule has 9 rings (SSSR count). The topological polar surface area (TPSA) is 117 Å². The summed E-state index contributed by atoms with van der Waals surface area (Å²) in [5, 5.41) is 9.08. The Labute approximate surface area is 252 Å². The minimum Gasteiger partial charge on any atom is -0.375 e. The third kappa shape index (κ3) is 4.94. The van der Waals surface area contributed by atoms with Gasteiger partial charge in [-0.25, -0.2) is 15.0 Å². The molecule has 6 aromatic carbocycles. The zero-order chi connectivity index (χ0) is 28.6. The molecule has 9 aromatic rings. The number of aromatic nitrogens is 3. The molecule has 0 aliphatic rings. The van der Waals surface area contributed by atoms with Gasteiger partial charge in [0.25, 0.3) is 0 Å². The summed E-state index contributed by atoms with van der Waals surface area (Å²) in [4.78, 5) is 13.0. The average molecular weight is 601 g/mol. The molecule has 6 N–H and O–H groups in total. The predicted octanol–water partition coefficient (Wildman–Crippen LogP) is 9.10. The van der Waals surface area contributed by atoms with Gasteiger partial charge in [0.15, 0.2) is 15.4 Å². The molecule has 0 saturated carbocycles. The van der Waals surface area contributed by atoms with Crippen molar-refractivity contribution in [2.24, 2.45) is 0 Å². The van der Waals surface area contributed by atoms with Gasteiger partial charge in [0, 0.05) is 16.2 Å². The fourth-order valence-electron chi connectivity index (χ4n) is 5.04. The highest BCUT2D eigenvalue weighted by Gasteiger charge is 2.06. The smallest absolute Gasteiger partial charge is 0.181 e. The summed E-state index contributed by atoms with van der Waals surface area (Å²) >= 11 is 4.60. The van der Waals surface area contributed by atoms with Crippen LogP contribution in [0, 0.1) is 0 Å². The molecule has 0 aliphatic heterocycles. The van der Waals surface area contributed by atoms with Crippen LogP contribution in [-0.4, -0.2) is 15.0 Å². The standard InChI is InChI=1S/3C11H8N2S/c3*12-11-13-10-8-4-2-1-3-7(8)5-6-9(10)14-11/h3*1-6H,(H2,12,13). The van der Waals surface area contributed by atoms with Crippen molar-refractivity contribution in [3.8, 4) is 0 Å². The summed E-state index contributed by atoms with van der Waals surface area (Å²) in [5.74, 6) is 0. The van der Waals surface area contributed by atoms with Crippen molar-refractivity contribution < 1.29 is 0 Å². The van der Waals surface area contributed by atoms with E-state index in [4.69, 9.17) is 17.2 Å². The maximum atomic E-state index is 5.69. The first-order valence-corrected chi connectivity index (χ1v) is 15.6. The predicted molar refractivity (Wildman–Crippen MR) is 185 cm³/mol. The lowest BCUT2D eigenvalue weighted by Gasteiger charge is -1.96. The fraction of sp³-hybridized carbons (Fsp3) is 0. The van der Waals surface area contributed by atoms with Crippen LogP contribution in [0.3, 0.4) is 0 Å². The first kappa shape index (κ1) is 26.1. The summed E-state index contributed by atoms with van der Waals surface area (Å²) in [6.45, 7) is 0. The molecule has 0 fully saturated rings. The van der Waals surface area contributed by atoms with Crippen LogP contribution < -0.4 is 17.2 Å². The van der Waals surface area contributed by atoms with E-state index in [1.54, 1.807) is 0 Å². The molecule has 0 bridgehead atoms. The number of hydrogen-bond acceptors (Lipinski definition) is 9. The van der Waals surface area contributed by atoms with Gasteiger partial charge in [0.05, 0.1) is 30.6 Å². The summed E-state index contributed by atoms with van der Waals surface area (Å²) < 4.78 is 3.46. The van der Waals surface area contributed by atoms with E-state index in [2.05, 4.69) is 87.7 Å².